The number of carbonyl (C=O) groups is 2. The van der Waals surface area contributed by atoms with Crippen molar-refractivity contribution in [3.63, 3.8) is 0 Å². The van der Waals surface area contributed by atoms with Gasteiger partial charge in [0.1, 0.15) is 11.9 Å². The van der Waals surface area contributed by atoms with E-state index in [1.54, 1.807) is 4.90 Å². The van der Waals surface area contributed by atoms with E-state index in [1.807, 2.05) is 24.6 Å². The van der Waals surface area contributed by atoms with Crippen LogP contribution >= 0.6 is 0 Å². The maximum atomic E-state index is 12.9. The second-order valence-electron chi connectivity index (χ2n) is 9.05. The summed E-state index contributed by atoms with van der Waals surface area (Å²) >= 11 is 0. The van der Waals surface area contributed by atoms with Gasteiger partial charge in [-0.05, 0) is 31.9 Å². The van der Waals surface area contributed by atoms with Crippen molar-refractivity contribution < 1.29 is 9.59 Å². The predicted octanol–water partition coefficient (Wildman–Crippen LogP) is 2.03. The standard InChI is InChI=1S/C25H36N6O2/c1-3-22(31-23-18-20(2)27-30(23)13-10-24(31)32)25(33)26-11-7-12-28-14-16-29(17-15-28)19-21-8-5-4-6-9-21/h4-6,8-9,18,22H,3,7,10-17,19H2,1-2H3,(H,26,33)/t22-/m0/s1. The largest absolute Gasteiger partial charge is 0.354 e. The van der Waals surface area contributed by atoms with Gasteiger partial charge in [0.2, 0.25) is 11.8 Å². The van der Waals surface area contributed by atoms with E-state index in [2.05, 4.69) is 50.5 Å². The highest BCUT2D eigenvalue weighted by Crippen LogP contribution is 2.26. The highest BCUT2D eigenvalue weighted by molar-refractivity contribution is 6.00. The lowest BCUT2D eigenvalue weighted by Crippen LogP contribution is -2.52. The van der Waals surface area contributed by atoms with Crippen LogP contribution in [0.15, 0.2) is 36.4 Å². The molecule has 0 saturated carbocycles. The minimum atomic E-state index is -0.491. The van der Waals surface area contributed by atoms with Gasteiger partial charge >= 0.3 is 0 Å². The number of piperazine rings is 1. The molecule has 0 radical (unpaired) electrons. The Kier molecular flexibility index (Phi) is 7.77. The zero-order valence-electron chi connectivity index (χ0n) is 19.9. The Morgan fingerprint density at radius 2 is 1.82 bits per heavy atom. The predicted molar refractivity (Wildman–Crippen MR) is 129 cm³/mol. The van der Waals surface area contributed by atoms with Crippen molar-refractivity contribution in [3.8, 4) is 0 Å². The zero-order valence-corrected chi connectivity index (χ0v) is 19.9. The summed E-state index contributed by atoms with van der Waals surface area (Å²) in [4.78, 5) is 32.2. The molecule has 1 aromatic heterocycles. The summed E-state index contributed by atoms with van der Waals surface area (Å²) in [7, 11) is 0. The first-order chi connectivity index (χ1) is 16.0. The quantitative estimate of drug-likeness (QED) is 0.590. The summed E-state index contributed by atoms with van der Waals surface area (Å²) in [5, 5.41) is 7.52. The van der Waals surface area contributed by atoms with Crippen molar-refractivity contribution in [1.82, 2.24) is 24.9 Å². The van der Waals surface area contributed by atoms with Crippen LogP contribution in [0.2, 0.25) is 0 Å². The number of nitrogens with one attached hydrogen (secondary N) is 1. The molecule has 1 atom stereocenters. The summed E-state index contributed by atoms with van der Waals surface area (Å²) in [6.45, 7) is 11.3. The number of rotatable bonds is 9. The van der Waals surface area contributed by atoms with Gasteiger partial charge < -0.3 is 10.2 Å². The Labute approximate surface area is 196 Å². The molecule has 2 amide bonds. The summed E-state index contributed by atoms with van der Waals surface area (Å²) < 4.78 is 1.84. The lowest BCUT2D eigenvalue weighted by molar-refractivity contribution is -0.127. The van der Waals surface area contributed by atoms with E-state index in [0.29, 0.717) is 25.9 Å². The molecular formula is C25H36N6O2. The highest BCUT2D eigenvalue weighted by Gasteiger charge is 2.34. The topological polar surface area (TPSA) is 73.7 Å². The molecule has 8 heteroatoms. The van der Waals surface area contributed by atoms with Crippen molar-refractivity contribution in [2.45, 2.75) is 52.2 Å². The van der Waals surface area contributed by atoms with Gasteiger partial charge in [-0.1, -0.05) is 37.3 Å². The van der Waals surface area contributed by atoms with Crippen molar-refractivity contribution in [2.75, 3.05) is 44.2 Å². The molecule has 33 heavy (non-hydrogen) atoms. The lowest BCUT2D eigenvalue weighted by atomic mass is 10.1. The average molecular weight is 453 g/mol. The minimum absolute atomic E-state index is 0.00206. The smallest absolute Gasteiger partial charge is 0.243 e. The molecule has 178 valence electrons. The third-order valence-corrected chi connectivity index (χ3v) is 6.60. The van der Waals surface area contributed by atoms with Crippen molar-refractivity contribution >= 4 is 17.6 Å². The number of aromatic nitrogens is 2. The van der Waals surface area contributed by atoms with Gasteiger partial charge in [0, 0.05) is 51.8 Å². The molecule has 1 fully saturated rings. The normalized spacial score (nSPS) is 18.2. The van der Waals surface area contributed by atoms with Crippen LogP contribution in [0.4, 0.5) is 5.82 Å². The Hall–Kier alpha value is -2.71. The number of carbonyl (C=O) groups excluding carboxylic acids is 2. The monoisotopic (exact) mass is 452 g/mol. The summed E-state index contributed by atoms with van der Waals surface area (Å²) in [5.74, 6) is 0.655. The molecule has 8 nitrogen and oxygen atoms in total. The van der Waals surface area contributed by atoms with E-state index in [9.17, 15) is 9.59 Å². The Morgan fingerprint density at radius 3 is 2.55 bits per heavy atom. The van der Waals surface area contributed by atoms with Gasteiger partial charge in [0.05, 0.1) is 12.2 Å². The molecule has 0 unspecified atom stereocenters. The SMILES string of the molecule is CC[C@@H](C(=O)NCCCN1CCN(Cc2ccccc2)CC1)N1C(=O)CCn2nc(C)cc21. The molecule has 1 N–H and O–H groups in total. The Bertz CT molecular complexity index is 936. The number of hydrogen-bond donors (Lipinski definition) is 1. The number of aryl methyl sites for hydroxylation is 2. The molecule has 4 rings (SSSR count). The Balaban J connectivity index is 1.20. The Morgan fingerprint density at radius 1 is 1.09 bits per heavy atom. The third kappa shape index (κ3) is 5.81. The fourth-order valence-electron chi connectivity index (χ4n) is 4.80. The number of amides is 2. The first-order valence-electron chi connectivity index (χ1n) is 12.2. The fourth-order valence-corrected chi connectivity index (χ4v) is 4.80. The number of fused-ring (bicyclic) bond motifs is 1. The minimum Gasteiger partial charge on any atom is -0.354 e. The van der Waals surface area contributed by atoms with Crippen LogP contribution in [0.5, 0.6) is 0 Å². The molecule has 0 bridgehead atoms. The van der Waals surface area contributed by atoms with Crippen LogP contribution < -0.4 is 10.2 Å². The summed E-state index contributed by atoms with van der Waals surface area (Å²) in [6, 6.07) is 12.0. The first-order valence-corrected chi connectivity index (χ1v) is 12.2. The maximum Gasteiger partial charge on any atom is 0.243 e. The number of nitrogens with zero attached hydrogens (tertiary/aromatic N) is 5. The van der Waals surface area contributed by atoms with Crippen molar-refractivity contribution in [3.05, 3.63) is 47.7 Å². The van der Waals surface area contributed by atoms with E-state index in [-0.39, 0.29) is 11.8 Å². The van der Waals surface area contributed by atoms with Gasteiger partial charge in [-0.3, -0.25) is 19.4 Å². The molecule has 2 aliphatic rings. The number of hydrogen-bond acceptors (Lipinski definition) is 5. The molecular weight excluding hydrogens is 416 g/mol. The fraction of sp³-hybridized carbons (Fsp3) is 0.560. The average Bonchev–Trinajstić information content (AvgIpc) is 3.21. The van der Waals surface area contributed by atoms with Crippen LogP contribution in [0.25, 0.3) is 0 Å². The van der Waals surface area contributed by atoms with Gasteiger partial charge in [0.25, 0.3) is 0 Å². The van der Waals surface area contributed by atoms with E-state index >= 15 is 0 Å². The zero-order chi connectivity index (χ0) is 23.2. The van der Waals surface area contributed by atoms with Crippen LogP contribution in [-0.2, 0) is 22.7 Å². The lowest BCUT2D eigenvalue weighted by Gasteiger charge is -2.35. The van der Waals surface area contributed by atoms with Crippen LogP contribution in [0.1, 0.15) is 37.4 Å². The molecule has 2 aromatic rings. The molecule has 3 heterocycles. The van der Waals surface area contributed by atoms with Crippen molar-refractivity contribution in [2.24, 2.45) is 0 Å². The molecule has 0 spiro atoms. The molecule has 1 saturated heterocycles. The van der Waals surface area contributed by atoms with E-state index in [4.69, 9.17) is 0 Å². The second-order valence-corrected chi connectivity index (χ2v) is 9.05. The van der Waals surface area contributed by atoms with E-state index in [1.165, 1.54) is 5.56 Å². The molecule has 2 aliphatic heterocycles. The van der Waals surface area contributed by atoms with E-state index in [0.717, 1.165) is 57.2 Å². The molecule has 0 aliphatic carbocycles. The maximum absolute atomic E-state index is 12.9. The van der Waals surface area contributed by atoms with Crippen molar-refractivity contribution in [1.29, 1.82) is 0 Å². The highest BCUT2D eigenvalue weighted by atomic mass is 16.2. The summed E-state index contributed by atoms with van der Waals surface area (Å²) in [5.41, 5.74) is 2.23. The number of benzene rings is 1. The summed E-state index contributed by atoms with van der Waals surface area (Å²) in [6.07, 6.45) is 1.87. The first kappa shape index (κ1) is 23.4. The van der Waals surface area contributed by atoms with E-state index < -0.39 is 6.04 Å². The molecule has 1 aromatic carbocycles. The van der Waals surface area contributed by atoms with Gasteiger partial charge in [-0.15, -0.1) is 0 Å². The van der Waals surface area contributed by atoms with Crippen LogP contribution in [0, 0.1) is 6.92 Å². The third-order valence-electron chi connectivity index (χ3n) is 6.60. The van der Waals surface area contributed by atoms with Crippen LogP contribution in [0.3, 0.4) is 0 Å². The van der Waals surface area contributed by atoms with Gasteiger partial charge in [-0.25, -0.2) is 4.68 Å². The van der Waals surface area contributed by atoms with Gasteiger partial charge in [0.15, 0.2) is 0 Å². The second kappa shape index (κ2) is 10.9. The number of anilines is 1. The van der Waals surface area contributed by atoms with Crippen LogP contribution in [-0.4, -0.2) is 76.7 Å². The van der Waals surface area contributed by atoms with Gasteiger partial charge in [-0.2, -0.15) is 5.10 Å².